The lowest BCUT2D eigenvalue weighted by molar-refractivity contribution is 0.114. The lowest BCUT2D eigenvalue weighted by Crippen LogP contribution is -2.42. The molecule has 1 aliphatic heterocycles. The number of nitrogens with zero attached hydrogens (tertiary/aromatic N) is 2. The molecule has 0 N–H and O–H groups in total. The second-order valence-electron chi connectivity index (χ2n) is 11.4. The third kappa shape index (κ3) is 16.1. The summed E-state index contributed by atoms with van der Waals surface area (Å²) in [5.74, 6) is 0. The lowest BCUT2D eigenvalue weighted by atomic mass is 10.0. The zero-order valence-electron chi connectivity index (χ0n) is 24.2. The minimum Gasteiger partial charge on any atom is -0.356 e. The molecule has 1 atom stereocenters. The highest BCUT2D eigenvalue weighted by molar-refractivity contribution is 4.98. The van der Waals surface area contributed by atoms with Gasteiger partial charge >= 0.3 is 0 Å². The number of hydrogen-bond donors (Lipinski definition) is 0. The van der Waals surface area contributed by atoms with Crippen LogP contribution in [0.5, 0.6) is 0 Å². The molecule has 1 heterocycles. The van der Waals surface area contributed by atoms with Crippen molar-refractivity contribution in [3.8, 4) is 0 Å². The Labute approximate surface area is 216 Å². The Balaban J connectivity index is 1.96. The smallest absolute Gasteiger partial charge is 0.101 e. The molecule has 0 bridgehead atoms. The third-order valence-electron chi connectivity index (χ3n) is 7.84. The van der Waals surface area contributed by atoms with E-state index in [-0.39, 0.29) is 0 Å². The van der Waals surface area contributed by atoms with E-state index in [1.807, 2.05) is 0 Å². The molecule has 34 heavy (non-hydrogen) atoms. The van der Waals surface area contributed by atoms with Gasteiger partial charge in [0.1, 0.15) is 6.17 Å². The molecular formula is C32H64N2. The lowest BCUT2D eigenvalue weighted by Gasteiger charge is -2.35. The van der Waals surface area contributed by atoms with Gasteiger partial charge in [0, 0.05) is 25.0 Å². The predicted octanol–water partition coefficient (Wildman–Crippen LogP) is 10.8. The van der Waals surface area contributed by atoms with E-state index in [1.54, 1.807) is 0 Å². The quantitative estimate of drug-likeness (QED) is 0.121. The fraction of sp³-hybridized carbons (Fsp3) is 0.938. The van der Waals surface area contributed by atoms with Crippen LogP contribution >= 0.6 is 0 Å². The van der Waals surface area contributed by atoms with Crippen molar-refractivity contribution >= 4 is 0 Å². The predicted molar refractivity (Wildman–Crippen MR) is 154 cm³/mol. The van der Waals surface area contributed by atoms with Crippen molar-refractivity contribution < 1.29 is 0 Å². The molecule has 0 amide bonds. The molecule has 0 aromatic rings. The van der Waals surface area contributed by atoms with Crippen LogP contribution in [0.3, 0.4) is 0 Å². The second kappa shape index (κ2) is 22.8. The summed E-state index contributed by atoms with van der Waals surface area (Å²) in [6, 6.07) is 0.608. The van der Waals surface area contributed by atoms with Gasteiger partial charge in [0.05, 0.1) is 0 Å². The summed E-state index contributed by atoms with van der Waals surface area (Å²) in [6.07, 6.45) is 38.3. The fourth-order valence-corrected chi connectivity index (χ4v) is 5.54. The Hall–Kier alpha value is -0.660. The zero-order valence-corrected chi connectivity index (χ0v) is 24.2. The number of rotatable bonds is 25. The van der Waals surface area contributed by atoms with Crippen molar-refractivity contribution in [2.24, 2.45) is 0 Å². The molecule has 2 heteroatoms. The highest BCUT2D eigenvalue weighted by Gasteiger charge is 2.26. The van der Waals surface area contributed by atoms with Crippen LogP contribution in [0.4, 0.5) is 0 Å². The summed E-state index contributed by atoms with van der Waals surface area (Å²) in [4.78, 5) is 5.23. The van der Waals surface area contributed by atoms with Crippen LogP contribution < -0.4 is 0 Å². The van der Waals surface area contributed by atoms with Gasteiger partial charge < -0.3 is 9.80 Å². The average Bonchev–Trinajstić information content (AvgIpc) is 3.24. The molecule has 202 valence electrons. The van der Waals surface area contributed by atoms with E-state index in [9.17, 15) is 0 Å². The topological polar surface area (TPSA) is 6.48 Å². The van der Waals surface area contributed by atoms with Crippen molar-refractivity contribution in [3.05, 3.63) is 12.4 Å². The Morgan fingerprint density at radius 2 is 0.882 bits per heavy atom. The molecule has 0 saturated heterocycles. The molecule has 0 aromatic carbocycles. The highest BCUT2D eigenvalue weighted by Crippen LogP contribution is 2.25. The molecule has 0 spiro atoms. The van der Waals surface area contributed by atoms with Crippen LogP contribution in [-0.2, 0) is 0 Å². The number of unbranched alkanes of at least 4 members (excludes halogenated alkanes) is 20. The Morgan fingerprint density at radius 3 is 1.29 bits per heavy atom. The maximum atomic E-state index is 2.64. The van der Waals surface area contributed by atoms with Crippen LogP contribution in [0.1, 0.15) is 175 Å². The second-order valence-corrected chi connectivity index (χ2v) is 11.4. The van der Waals surface area contributed by atoms with Gasteiger partial charge in [0.15, 0.2) is 0 Å². The maximum Gasteiger partial charge on any atom is 0.101 e. The first kappa shape index (κ1) is 31.4. The Kier molecular flexibility index (Phi) is 21.0. The molecule has 0 aliphatic carbocycles. The van der Waals surface area contributed by atoms with E-state index in [4.69, 9.17) is 0 Å². The molecule has 1 aliphatic rings. The van der Waals surface area contributed by atoms with Gasteiger partial charge in [-0.15, -0.1) is 0 Å². The minimum absolute atomic E-state index is 0.608. The van der Waals surface area contributed by atoms with Crippen LogP contribution in [0.15, 0.2) is 12.4 Å². The van der Waals surface area contributed by atoms with Crippen molar-refractivity contribution in [2.45, 2.75) is 188 Å². The van der Waals surface area contributed by atoms with E-state index in [0.29, 0.717) is 12.2 Å². The SMILES string of the molecule is CCCCCCCCCCCCCCCCCCCC1N(CCCCCCC)C=CN1C(C)C. The molecule has 0 radical (unpaired) electrons. The molecule has 0 aromatic heterocycles. The monoisotopic (exact) mass is 477 g/mol. The van der Waals surface area contributed by atoms with Crippen LogP contribution in [0, 0.1) is 0 Å². The van der Waals surface area contributed by atoms with Gasteiger partial charge in [-0.2, -0.15) is 0 Å². The molecule has 0 fully saturated rings. The van der Waals surface area contributed by atoms with Gasteiger partial charge in [0.2, 0.25) is 0 Å². The standard InChI is InChI=1S/C32H64N2/c1-5-7-9-11-12-13-14-15-16-17-18-19-20-21-22-23-25-27-32-33(28-26-24-10-8-6-2)29-30-34(32)31(3)4/h29-32H,5-28H2,1-4H3. The van der Waals surface area contributed by atoms with Crippen molar-refractivity contribution in [2.75, 3.05) is 6.54 Å². The minimum atomic E-state index is 0.608. The molecule has 1 rings (SSSR count). The van der Waals surface area contributed by atoms with Crippen molar-refractivity contribution in [1.29, 1.82) is 0 Å². The first-order valence-electron chi connectivity index (χ1n) is 15.9. The van der Waals surface area contributed by atoms with Gasteiger partial charge in [-0.3, -0.25) is 0 Å². The highest BCUT2D eigenvalue weighted by atomic mass is 15.4. The fourth-order valence-electron chi connectivity index (χ4n) is 5.54. The van der Waals surface area contributed by atoms with Gasteiger partial charge in [-0.25, -0.2) is 0 Å². The first-order valence-corrected chi connectivity index (χ1v) is 15.9. The van der Waals surface area contributed by atoms with Crippen LogP contribution in [-0.4, -0.2) is 28.6 Å². The Bertz CT molecular complexity index is 444. The normalized spacial score (nSPS) is 15.9. The summed E-state index contributed by atoms with van der Waals surface area (Å²) in [6.45, 7) is 10.5. The van der Waals surface area contributed by atoms with E-state index in [1.165, 1.54) is 154 Å². The van der Waals surface area contributed by atoms with E-state index < -0.39 is 0 Å². The summed E-state index contributed by atoms with van der Waals surface area (Å²) in [5.41, 5.74) is 0. The molecular weight excluding hydrogens is 412 g/mol. The van der Waals surface area contributed by atoms with Crippen molar-refractivity contribution in [3.63, 3.8) is 0 Å². The number of hydrogen-bond acceptors (Lipinski definition) is 2. The summed E-state index contributed by atoms with van der Waals surface area (Å²) >= 11 is 0. The molecule has 2 nitrogen and oxygen atoms in total. The third-order valence-corrected chi connectivity index (χ3v) is 7.84. The van der Waals surface area contributed by atoms with Crippen molar-refractivity contribution in [1.82, 2.24) is 9.80 Å². The molecule has 1 unspecified atom stereocenters. The Morgan fingerprint density at radius 1 is 0.500 bits per heavy atom. The zero-order chi connectivity index (χ0) is 24.7. The van der Waals surface area contributed by atoms with Crippen LogP contribution in [0.25, 0.3) is 0 Å². The van der Waals surface area contributed by atoms with E-state index in [2.05, 4.69) is 49.9 Å². The largest absolute Gasteiger partial charge is 0.356 e. The molecule has 0 saturated carbocycles. The van der Waals surface area contributed by atoms with E-state index >= 15 is 0 Å². The van der Waals surface area contributed by atoms with Crippen LogP contribution in [0.2, 0.25) is 0 Å². The summed E-state index contributed by atoms with van der Waals surface area (Å²) in [7, 11) is 0. The van der Waals surface area contributed by atoms with Gasteiger partial charge in [0.25, 0.3) is 0 Å². The summed E-state index contributed by atoms with van der Waals surface area (Å²) in [5, 5.41) is 0. The first-order chi connectivity index (χ1) is 16.7. The van der Waals surface area contributed by atoms with Gasteiger partial charge in [-0.05, 0) is 33.1 Å². The van der Waals surface area contributed by atoms with Gasteiger partial charge in [-0.1, -0.05) is 142 Å². The summed E-state index contributed by atoms with van der Waals surface area (Å²) < 4.78 is 0. The average molecular weight is 477 g/mol. The maximum absolute atomic E-state index is 2.64. The van der Waals surface area contributed by atoms with E-state index in [0.717, 1.165) is 0 Å².